The number of thioether (sulfide) groups is 1. The Bertz CT molecular complexity index is 453. The summed E-state index contributed by atoms with van der Waals surface area (Å²) in [5.41, 5.74) is 8.15. The Labute approximate surface area is 96.7 Å². The molecule has 0 atom stereocenters. The fraction of sp³-hybridized carbons (Fsp3) is 0.200. The van der Waals surface area contributed by atoms with Crippen molar-refractivity contribution in [1.29, 1.82) is 0 Å². The minimum absolute atomic E-state index is 0.530. The van der Waals surface area contributed by atoms with Gasteiger partial charge in [-0.3, -0.25) is 0 Å². The number of hydrogen-bond acceptors (Lipinski definition) is 5. The van der Waals surface area contributed by atoms with E-state index in [1.807, 2.05) is 6.07 Å². The normalized spacial score (nSPS) is 10.5. The highest BCUT2D eigenvalue weighted by atomic mass is 32.2. The second kappa shape index (κ2) is 4.63. The number of rotatable bonds is 3. The van der Waals surface area contributed by atoms with Crippen LogP contribution in [-0.4, -0.2) is 10.2 Å². The second-order valence-electron chi connectivity index (χ2n) is 3.12. The number of aromatic nitrogens is 2. The third-order valence-electron chi connectivity index (χ3n) is 2.03. The van der Waals surface area contributed by atoms with E-state index in [4.69, 9.17) is 5.73 Å². The maximum atomic E-state index is 5.51. The lowest BCUT2D eigenvalue weighted by molar-refractivity contribution is 1.02. The molecule has 15 heavy (non-hydrogen) atoms. The van der Waals surface area contributed by atoms with Gasteiger partial charge in [0.15, 0.2) is 4.34 Å². The van der Waals surface area contributed by atoms with Crippen LogP contribution in [0.25, 0.3) is 0 Å². The van der Waals surface area contributed by atoms with Gasteiger partial charge >= 0.3 is 0 Å². The first kappa shape index (κ1) is 10.4. The van der Waals surface area contributed by atoms with Crippen LogP contribution in [0.4, 0.5) is 5.13 Å². The van der Waals surface area contributed by atoms with Crippen LogP contribution >= 0.6 is 23.1 Å². The largest absolute Gasteiger partial charge is 0.374 e. The zero-order chi connectivity index (χ0) is 10.7. The first-order chi connectivity index (χ1) is 7.25. The van der Waals surface area contributed by atoms with Gasteiger partial charge in [-0.15, -0.1) is 10.2 Å². The molecule has 5 heteroatoms. The SMILES string of the molecule is Cc1ccccc1CSc1nnc(N)s1. The Morgan fingerprint density at radius 2 is 2.13 bits per heavy atom. The molecule has 0 bridgehead atoms. The highest BCUT2D eigenvalue weighted by Crippen LogP contribution is 2.27. The molecule has 2 N–H and O–H groups in total. The van der Waals surface area contributed by atoms with Crippen molar-refractivity contribution in [3.05, 3.63) is 35.4 Å². The lowest BCUT2D eigenvalue weighted by atomic mass is 10.1. The number of nitrogen functional groups attached to an aromatic ring is 1. The van der Waals surface area contributed by atoms with E-state index in [-0.39, 0.29) is 0 Å². The minimum Gasteiger partial charge on any atom is -0.374 e. The van der Waals surface area contributed by atoms with E-state index in [0.29, 0.717) is 5.13 Å². The topological polar surface area (TPSA) is 51.8 Å². The molecular weight excluding hydrogens is 226 g/mol. The van der Waals surface area contributed by atoms with Crippen molar-refractivity contribution in [2.24, 2.45) is 0 Å². The van der Waals surface area contributed by atoms with Gasteiger partial charge in [0.2, 0.25) is 5.13 Å². The molecule has 0 aliphatic carbocycles. The monoisotopic (exact) mass is 237 g/mol. The Balaban J connectivity index is 2.02. The van der Waals surface area contributed by atoms with Gasteiger partial charge in [0.1, 0.15) is 0 Å². The van der Waals surface area contributed by atoms with Gasteiger partial charge in [0.25, 0.3) is 0 Å². The molecule has 2 rings (SSSR count). The summed E-state index contributed by atoms with van der Waals surface area (Å²) in [6, 6.07) is 8.35. The minimum atomic E-state index is 0.530. The average Bonchev–Trinajstić information content (AvgIpc) is 2.63. The van der Waals surface area contributed by atoms with Crippen LogP contribution in [-0.2, 0) is 5.75 Å². The maximum Gasteiger partial charge on any atom is 0.203 e. The molecule has 0 radical (unpaired) electrons. The fourth-order valence-electron chi connectivity index (χ4n) is 1.19. The zero-order valence-electron chi connectivity index (χ0n) is 8.30. The van der Waals surface area contributed by atoms with Crippen LogP contribution < -0.4 is 5.73 Å². The average molecular weight is 237 g/mol. The number of nitrogens with two attached hydrogens (primary N) is 1. The first-order valence-corrected chi connectivity index (χ1v) is 6.32. The van der Waals surface area contributed by atoms with Gasteiger partial charge < -0.3 is 5.73 Å². The lowest BCUT2D eigenvalue weighted by Crippen LogP contribution is -1.84. The summed E-state index contributed by atoms with van der Waals surface area (Å²) in [6.07, 6.45) is 0. The predicted molar refractivity (Wildman–Crippen MR) is 65.1 cm³/mol. The molecule has 0 aliphatic rings. The molecular formula is C10H11N3S2. The Hall–Kier alpha value is -1.07. The van der Waals surface area contributed by atoms with Gasteiger partial charge in [0, 0.05) is 5.75 Å². The van der Waals surface area contributed by atoms with Crippen molar-refractivity contribution in [3.8, 4) is 0 Å². The highest BCUT2D eigenvalue weighted by molar-refractivity contribution is 8.00. The van der Waals surface area contributed by atoms with Crippen molar-refractivity contribution in [3.63, 3.8) is 0 Å². The van der Waals surface area contributed by atoms with E-state index in [1.165, 1.54) is 22.5 Å². The standard InChI is InChI=1S/C10H11N3S2/c1-7-4-2-3-5-8(7)6-14-10-13-12-9(11)15-10/h2-5H,6H2,1H3,(H2,11,12). The molecule has 2 aromatic rings. The van der Waals surface area contributed by atoms with Crippen molar-refractivity contribution >= 4 is 28.2 Å². The summed E-state index contributed by atoms with van der Waals surface area (Å²) in [5.74, 6) is 0.918. The lowest BCUT2D eigenvalue weighted by Gasteiger charge is -2.02. The molecule has 0 saturated carbocycles. The third-order valence-corrected chi connectivity index (χ3v) is 3.97. The van der Waals surface area contributed by atoms with E-state index in [1.54, 1.807) is 11.8 Å². The molecule has 3 nitrogen and oxygen atoms in total. The summed E-state index contributed by atoms with van der Waals surface area (Å²) < 4.78 is 0.927. The highest BCUT2D eigenvalue weighted by Gasteiger charge is 2.03. The summed E-state index contributed by atoms with van der Waals surface area (Å²) in [4.78, 5) is 0. The van der Waals surface area contributed by atoms with Crippen molar-refractivity contribution < 1.29 is 0 Å². The Morgan fingerprint density at radius 1 is 1.33 bits per heavy atom. The molecule has 1 heterocycles. The number of hydrogen-bond donors (Lipinski definition) is 1. The quantitative estimate of drug-likeness (QED) is 0.834. The summed E-state index contributed by atoms with van der Waals surface area (Å²) in [6.45, 7) is 2.12. The number of benzene rings is 1. The molecule has 0 unspecified atom stereocenters. The van der Waals surface area contributed by atoms with Crippen LogP contribution in [0.3, 0.4) is 0 Å². The molecule has 0 amide bonds. The van der Waals surface area contributed by atoms with Crippen molar-refractivity contribution in [1.82, 2.24) is 10.2 Å². The van der Waals surface area contributed by atoms with E-state index in [0.717, 1.165) is 10.1 Å². The van der Waals surface area contributed by atoms with Crippen LogP contribution in [0.5, 0.6) is 0 Å². The predicted octanol–water partition coefficient (Wildman–Crippen LogP) is 2.72. The molecule has 78 valence electrons. The van der Waals surface area contributed by atoms with Crippen molar-refractivity contribution in [2.75, 3.05) is 5.73 Å². The van der Waals surface area contributed by atoms with Crippen LogP contribution in [0.15, 0.2) is 28.6 Å². The van der Waals surface area contributed by atoms with Gasteiger partial charge in [-0.25, -0.2) is 0 Å². The number of aryl methyl sites for hydroxylation is 1. The van der Waals surface area contributed by atoms with E-state index >= 15 is 0 Å². The molecule has 0 spiro atoms. The number of nitrogens with zero attached hydrogens (tertiary/aromatic N) is 2. The van der Waals surface area contributed by atoms with E-state index < -0.39 is 0 Å². The Morgan fingerprint density at radius 3 is 2.80 bits per heavy atom. The van der Waals surface area contributed by atoms with Gasteiger partial charge in [-0.05, 0) is 18.1 Å². The van der Waals surface area contributed by atoms with Gasteiger partial charge in [0.05, 0.1) is 0 Å². The van der Waals surface area contributed by atoms with Gasteiger partial charge in [-0.2, -0.15) is 0 Å². The third kappa shape index (κ3) is 2.70. The van der Waals surface area contributed by atoms with Gasteiger partial charge in [-0.1, -0.05) is 47.4 Å². The van der Waals surface area contributed by atoms with E-state index in [2.05, 4.69) is 35.3 Å². The van der Waals surface area contributed by atoms with Crippen LogP contribution in [0.2, 0.25) is 0 Å². The van der Waals surface area contributed by atoms with Crippen molar-refractivity contribution in [2.45, 2.75) is 17.0 Å². The second-order valence-corrected chi connectivity index (χ2v) is 5.35. The summed E-state index contributed by atoms with van der Waals surface area (Å²) in [7, 11) is 0. The molecule has 1 aromatic heterocycles. The van der Waals surface area contributed by atoms with Crippen LogP contribution in [0.1, 0.15) is 11.1 Å². The molecule has 1 aromatic carbocycles. The van der Waals surface area contributed by atoms with E-state index in [9.17, 15) is 0 Å². The smallest absolute Gasteiger partial charge is 0.203 e. The Kier molecular flexibility index (Phi) is 3.23. The maximum absolute atomic E-state index is 5.51. The molecule has 0 aliphatic heterocycles. The number of anilines is 1. The first-order valence-electron chi connectivity index (χ1n) is 4.52. The fourth-order valence-corrected chi connectivity index (χ4v) is 2.90. The van der Waals surface area contributed by atoms with Crippen LogP contribution in [0, 0.1) is 6.92 Å². The molecule has 0 fully saturated rings. The summed E-state index contributed by atoms with van der Waals surface area (Å²) in [5, 5.41) is 8.27. The molecule has 0 saturated heterocycles. The summed E-state index contributed by atoms with van der Waals surface area (Å²) >= 11 is 3.10. The zero-order valence-corrected chi connectivity index (χ0v) is 9.94.